The fourth-order valence-electron chi connectivity index (χ4n) is 12.4. The lowest BCUT2D eigenvalue weighted by molar-refractivity contribution is -0.191. The summed E-state index contributed by atoms with van der Waals surface area (Å²) < 4.78 is 13.3. The second-order valence-corrected chi connectivity index (χ2v) is 18.9. The van der Waals surface area contributed by atoms with Crippen molar-refractivity contribution in [1.82, 2.24) is 5.32 Å². The fourth-order valence-corrected chi connectivity index (χ4v) is 12.4. The summed E-state index contributed by atoms with van der Waals surface area (Å²) in [5.41, 5.74) is 12.6. The molecule has 4 aliphatic rings. The van der Waals surface area contributed by atoms with Gasteiger partial charge >= 0.3 is 0 Å². The highest BCUT2D eigenvalue weighted by Crippen LogP contribution is 2.69. The number of fused-ring (bicyclic) bond motifs is 5. The van der Waals surface area contributed by atoms with E-state index in [9.17, 15) is 0 Å². The molecule has 4 saturated carbocycles. The summed E-state index contributed by atoms with van der Waals surface area (Å²) in [7, 11) is 0. The minimum Gasteiger partial charge on any atom is -0.378 e. The molecule has 5 nitrogen and oxygen atoms in total. The van der Waals surface area contributed by atoms with Crippen molar-refractivity contribution in [3.63, 3.8) is 0 Å². The molecular formula is C46H89N3O2. The van der Waals surface area contributed by atoms with E-state index in [0.29, 0.717) is 23.0 Å². The molecule has 300 valence electrons. The van der Waals surface area contributed by atoms with Crippen molar-refractivity contribution in [2.75, 3.05) is 39.4 Å². The molecule has 4 fully saturated rings. The predicted octanol–water partition coefficient (Wildman–Crippen LogP) is 11.2. The number of hydrogen-bond donors (Lipinski definition) is 3. The molecule has 51 heavy (non-hydrogen) atoms. The van der Waals surface area contributed by atoms with E-state index in [1.54, 1.807) is 0 Å². The zero-order valence-electron chi connectivity index (χ0n) is 34.7. The van der Waals surface area contributed by atoms with Crippen LogP contribution in [0.4, 0.5) is 0 Å². The highest BCUT2D eigenvalue weighted by atomic mass is 16.5. The second-order valence-electron chi connectivity index (χ2n) is 18.9. The van der Waals surface area contributed by atoms with Crippen LogP contribution in [0.2, 0.25) is 0 Å². The maximum absolute atomic E-state index is 6.89. The Morgan fingerprint density at radius 1 is 0.627 bits per heavy atom. The molecule has 0 aromatic carbocycles. The molecule has 5 heteroatoms. The van der Waals surface area contributed by atoms with Gasteiger partial charge in [-0.05, 0) is 156 Å². The lowest BCUT2D eigenvalue weighted by atomic mass is 9.43. The van der Waals surface area contributed by atoms with Gasteiger partial charge in [0.25, 0.3) is 0 Å². The molecule has 5 N–H and O–H groups in total. The van der Waals surface area contributed by atoms with Gasteiger partial charge in [0.2, 0.25) is 0 Å². The number of ether oxygens (including phenoxy) is 2. The van der Waals surface area contributed by atoms with Crippen molar-refractivity contribution in [3.05, 3.63) is 0 Å². The van der Waals surface area contributed by atoms with Gasteiger partial charge in [0.15, 0.2) is 0 Å². The highest BCUT2D eigenvalue weighted by Gasteiger charge is 2.63. The second kappa shape index (κ2) is 23.7. The van der Waals surface area contributed by atoms with E-state index >= 15 is 0 Å². The first-order valence-corrected chi connectivity index (χ1v) is 23.2. The molecule has 0 saturated heterocycles. The van der Waals surface area contributed by atoms with Crippen LogP contribution in [-0.4, -0.2) is 51.6 Å². The quantitative estimate of drug-likeness (QED) is 0.0703. The molecule has 10 atom stereocenters. The molecule has 4 aliphatic carbocycles. The summed E-state index contributed by atoms with van der Waals surface area (Å²) >= 11 is 0. The average Bonchev–Trinajstić information content (AvgIpc) is 3.48. The predicted molar refractivity (Wildman–Crippen MR) is 219 cm³/mol. The van der Waals surface area contributed by atoms with Gasteiger partial charge in [-0.3, -0.25) is 0 Å². The zero-order chi connectivity index (χ0) is 36.4. The van der Waals surface area contributed by atoms with E-state index in [0.717, 1.165) is 74.7 Å². The summed E-state index contributed by atoms with van der Waals surface area (Å²) in [6.07, 6.45) is 36.3. The van der Waals surface area contributed by atoms with Crippen molar-refractivity contribution in [3.8, 4) is 0 Å². The number of nitrogens with two attached hydrogens (primary N) is 2. The Labute approximate surface area is 318 Å². The smallest absolute Gasteiger partial charge is 0.0611 e. The first kappa shape index (κ1) is 43.5. The van der Waals surface area contributed by atoms with Crippen LogP contribution in [0, 0.1) is 46.3 Å². The third kappa shape index (κ3) is 12.7. The molecular weight excluding hydrogens is 627 g/mol. The molecule has 0 bridgehead atoms. The van der Waals surface area contributed by atoms with Crippen molar-refractivity contribution in [2.45, 2.75) is 207 Å². The van der Waals surface area contributed by atoms with Crippen molar-refractivity contribution in [1.29, 1.82) is 0 Å². The van der Waals surface area contributed by atoms with Crippen LogP contribution < -0.4 is 16.8 Å². The summed E-state index contributed by atoms with van der Waals surface area (Å²) in [5, 5.41) is 3.82. The van der Waals surface area contributed by atoms with E-state index in [1.807, 2.05) is 0 Å². The standard InChI is InChI=1S/C46H89N3O2/c1-5-6-7-8-9-10-11-12-13-14-15-16-17-18-31-49-32-19-22-37(2)40-23-24-41-44-42(26-28-46(40,41)4)45(3)27-25-39(50-33-20-29-47)35-38(45)36-43(44)51-34-21-30-48/h37-44,49H,5-36,47-48H2,1-4H3/t37-,38+,39?,40?,41?,42?,43-,44+,45+,46-/m1/s1. The van der Waals surface area contributed by atoms with E-state index in [-0.39, 0.29) is 0 Å². The Hall–Kier alpha value is -0.200. The average molecular weight is 716 g/mol. The maximum Gasteiger partial charge on any atom is 0.0611 e. The highest BCUT2D eigenvalue weighted by molar-refractivity contribution is 5.12. The van der Waals surface area contributed by atoms with E-state index in [2.05, 4.69) is 33.0 Å². The summed E-state index contributed by atoms with van der Waals surface area (Å²) in [4.78, 5) is 0. The lowest BCUT2D eigenvalue weighted by Gasteiger charge is -2.63. The SMILES string of the molecule is CCCCCCCCCCCCCCCCNCCC[C@@H](C)C1CCC2[C@H]3C(CC[C@@]21C)[C@@]1(C)CCC(OCCCN)C[C@H]1C[C@H]3OCCCN. The molecule has 0 aromatic rings. The van der Waals surface area contributed by atoms with Crippen molar-refractivity contribution >= 4 is 0 Å². The van der Waals surface area contributed by atoms with Gasteiger partial charge in [0.05, 0.1) is 12.2 Å². The Bertz CT molecular complexity index is 902. The third-order valence-electron chi connectivity index (χ3n) is 15.5. The van der Waals surface area contributed by atoms with Crippen LogP contribution in [0.5, 0.6) is 0 Å². The molecule has 4 rings (SSSR count). The number of unbranched alkanes of at least 4 members (excludes halogenated alkanes) is 13. The van der Waals surface area contributed by atoms with Gasteiger partial charge in [-0.1, -0.05) is 111 Å². The minimum absolute atomic E-state index is 0.403. The van der Waals surface area contributed by atoms with Gasteiger partial charge in [0.1, 0.15) is 0 Å². The van der Waals surface area contributed by atoms with Gasteiger partial charge in [-0.15, -0.1) is 0 Å². The van der Waals surface area contributed by atoms with Gasteiger partial charge in [-0.25, -0.2) is 0 Å². The summed E-state index contributed by atoms with van der Waals surface area (Å²) in [6.45, 7) is 15.9. The number of rotatable bonds is 28. The normalized spacial score (nSPS) is 33.9. The Kier molecular flexibility index (Phi) is 20.2. The van der Waals surface area contributed by atoms with E-state index in [4.69, 9.17) is 20.9 Å². The third-order valence-corrected chi connectivity index (χ3v) is 15.5. The molecule has 0 radical (unpaired) electrons. The van der Waals surface area contributed by atoms with Crippen LogP contribution in [0.1, 0.15) is 195 Å². The van der Waals surface area contributed by atoms with Crippen LogP contribution >= 0.6 is 0 Å². The monoisotopic (exact) mass is 716 g/mol. The van der Waals surface area contributed by atoms with Crippen LogP contribution in [0.3, 0.4) is 0 Å². The van der Waals surface area contributed by atoms with Crippen LogP contribution in [-0.2, 0) is 9.47 Å². The largest absolute Gasteiger partial charge is 0.378 e. The van der Waals surface area contributed by atoms with E-state index < -0.39 is 0 Å². The minimum atomic E-state index is 0.403. The van der Waals surface area contributed by atoms with Crippen molar-refractivity contribution < 1.29 is 9.47 Å². The molecule has 4 unspecified atom stereocenters. The fraction of sp³-hybridized carbons (Fsp3) is 1.00. The topological polar surface area (TPSA) is 82.5 Å². The van der Waals surface area contributed by atoms with Gasteiger partial charge in [-0.2, -0.15) is 0 Å². The Morgan fingerprint density at radius 2 is 1.20 bits per heavy atom. The van der Waals surface area contributed by atoms with Crippen LogP contribution in [0.15, 0.2) is 0 Å². The van der Waals surface area contributed by atoms with Gasteiger partial charge in [0, 0.05) is 13.2 Å². The Balaban J connectivity index is 1.14. The van der Waals surface area contributed by atoms with Crippen LogP contribution in [0.25, 0.3) is 0 Å². The van der Waals surface area contributed by atoms with E-state index in [1.165, 1.54) is 167 Å². The lowest BCUT2D eigenvalue weighted by Crippen LogP contribution is -2.59. The summed E-state index contributed by atoms with van der Waals surface area (Å²) in [6, 6.07) is 0. The number of nitrogens with one attached hydrogen (secondary N) is 1. The zero-order valence-corrected chi connectivity index (χ0v) is 34.7. The number of hydrogen-bond acceptors (Lipinski definition) is 5. The van der Waals surface area contributed by atoms with Gasteiger partial charge < -0.3 is 26.3 Å². The molecule has 0 aliphatic heterocycles. The van der Waals surface area contributed by atoms with Crippen molar-refractivity contribution in [2.24, 2.45) is 57.8 Å². The summed E-state index contributed by atoms with van der Waals surface area (Å²) in [5.74, 6) is 4.76. The first-order chi connectivity index (χ1) is 24.9. The molecule has 0 heterocycles. The molecule has 0 aromatic heterocycles. The first-order valence-electron chi connectivity index (χ1n) is 23.2. The Morgan fingerprint density at radius 3 is 1.84 bits per heavy atom. The maximum atomic E-state index is 6.89. The molecule has 0 amide bonds. The molecule has 0 spiro atoms.